The quantitative estimate of drug-likeness (QED) is 0.595. The van der Waals surface area contributed by atoms with Crippen LogP contribution in [-0.2, 0) is 14.4 Å². The number of ether oxygens (including phenoxy) is 1. The summed E-state index contributed by atoms with van der Waals surface area (Å²) in [5.74, 6) is -0.896. The molecule has 2 aromatic rings. The molecule has 9 heteroatoms. The van der Waals surface area contributed by atoms with Crippen LogP contribution in [0.15, 0.2) is 42.5 Å². The molecule has 7 nitrogen and oxygen atoms in total. The van der Waals surface area contributed by atoms with E-state index in [1.165, 1.54) is 0 Å². The molecule has 3 N–H and O–H groups in total. The number of rotatable bonds is 7. The van der Waals surface area contributed by atoms with Crippen LogP contribution in [0.3, 0.4) is 0 Å². The fourth-order valence-corrected chi connectivity index (χ4v) is 2.57. The molecular weight excluding hydrogens is 405 g/mol. The van der Waals surface area contributed by atoms with Crippen LogP contribution in [0.1, 0.15) is 18.4 Å². The lowest BCUT2D eigenvalue weighted by molar-refractivity contribution is -0.130. The molecule has 0 aliphatic rings. The number of nitrogens with one attached hydrogen (secondary N) is 3. The van der Waals surface area contributed by atoms with Gasteiger partial charge in [0.25, 0.3) is 5.91 Å². The molecule has 0 aliphatic heterocycles. The molecule has 0 aliphatic carbocycles. The molecule has 0 saturated carbocycles. The van der Waals surface area contributed by atoms with Crippen LogP contribution in [0.5, 0.6) is 5.75 Å². The summed E-state index contributed by atoms with van der Waals surface area (Å²) in [5.41, 5.74) is 5.71. The van der Waals surface area contributed by atoms with Crippen LogP contribution in [0.4, 0.5) is 5.69 Å². The van der Waals surface area contributed by atoms with Crippen LogP contribution < -0.4 is 20.9 Å². The van der Waals surface area contributed by atoms with Crippen molar-refractivity contribution in [2.24, 2.45) is 0 Å². The van der Waals surface area contributed by atoms with E-state index >= 15 is 0 Å². The van der Waals surface area contributed by atoms with E-state index in [1.54, 1.807) is 49.4 Å². The normalized spacial score (nSPS) is 10.1. The summed E-state index contributed by atoms with van der Waals surface area (Å²) in [5, 5.41) is 3.59. The Hall–Kier alpha value is -2.77. The average molecular weight is 424 g/mol. The Labute approximate surface area is 172 Å². The highest BCUT2D eigenvalue weighted by Gasteiger charge is 2.10. The molecule has 0 unspecified atom stereocenters. The molecule has 0 bridgehead atoms. The van der Waals surface area contributed by atoms with Gasteiger partial charge in [-0.15, -0.1) is 0 Å². The van der Waals surface area contributed by atoms with E-state index in [2.05, 4.69) is 16.2 Å². The van der Waals surface area contributed by atoms with Gasteiger partial charge in [-0.25, -0.2) is 0 Å². The summed E-state index contributed by atoms with van der Waals surface area (Å²) < 4.78 is 5.36. The largest absolute Gasteiger partial charge is 0.483 e. The number of hydrazine groups is 1. The van der Waals surface area contributed by atoms with Crippen molar-refractivity contribution in [1.29, 1.82) is 0 Å². The van der Waals surface area contributed by atoms with Crippen molar-refractivity contribution < 1.29 is 19.1 Å². The summed E-state index contributed by atoms with van der Waals surface area (Å²) in [7, 11) is 0. The van der Waals surface area contributed by atoms with E-state index in [0.29, 0.717) is 21.5 Å². The predicted octanol–water partition coefficient (Wildman–Crippen LogP) is 3.25. The molecule has 0 saturated heterocycles. The Bertz CT molecular complexity index is 874. The van der Waals surface area contributed by atoms with Gasteiger partial charge in [-0.05, 0) is 42.8 Å². The van der Waals surface area contributed by atoms with E-state index in [0.717, 1.165) is 5.56 Å². The molecule has 2 aromatic carbocycles. The summed E-state index contributed by atoms with van der Waals surface area (Å²) in [6.07, 6.45) is -0.166. The molecule has 0 aromatic heterocycles. The Kier molecular flexibility index (Phi) is 8.10. The standard InChI is InChI=1S/C19H19Cl2N3O4/c1-12-10-13(20)6-7-16(12)28-11-19(27)24-23-18(26)9-8-17(25)22-15-5-3-2-4-14(15)21/h2-7,10H,8-9,11H2,1H3,(H,22,25)(H,23,26)(H,24,27). The highest BCUT2D eigenvalue weighted by atomic mass is 35.5. The maximum Gasteiger partial charge on any atom is 0.276 e. The van der Waals surface area contributed by atoms with Crippen LogP contribution >= 0.6 is 23.2 Å². The van der Waals surface area contributed by atoms with Crippen LogP contribution in [0.25, 0.3) is 0 Å². The molecule has 148 valence electrons. The molecule has 0 fully saturated rings. The first-order valence-electron chi connectivity index (χ1n) is 8.36. The number of para-hydroxylation sites is 1. The lowest BCUT2D eigenvalue weighted by Crippen LogP contribution is -2.44. The first kappa shape index (κ1) is 21.5. The maximum atomic E-state index is 11.9. The first-order valence-corrected chi connectivity index (χ1v) is 9.12. The Morgan fingerprint density at radius 2 is 1.61 bits per heavy atom. The fraction of sp³-hybridized carbons (Fsp3) is 0.211. The minimum absolute atomic E-state index is 0.0621. The van der Waals surface area contributed by atoms with Gasteiger partial charge in [-0.2, -0.15) is 0 Å². The molecule has 0 radical (unpaired) electrons. The molecular formula is C19H19Cl2N3O4. The monoisotopic (exact) mass is 423 g/mol. The first-order chi connectivity index (χ1) is 13.3. The lowest BCUT2D eigenvalue weighted by atomic mass is 10.2. The number of halogens is 2. The summed E-state index contributed by atoms with van der Waals surface area (Å²) >= 11 is 11.8. The number of carbonyl (C=O) groups is 3. The maximum absolute atomic E-state index is 11.9. The molecule has 0 heterocycles. The van der Waals surface area contributed by atoms with Crippen molar-refractivity contribution in [3.63, 3.8) is 0 Å². The van der Waals surface area contributed by atoms with Crippen molar-refractivity contribution in [3.05, 3.63) is 58.1 Å². The van der Waals surface area contributed by atoms with Gasteiger partial charge in [0.1, 0.15) is 5.75 Å². The van der Waals surface area contributed by atoms with Gasteiger partial charge in [-0.3, -0.25) is 25.2 Å². The third-order valence-corrected chi connectivity index (χ3v) is 4.13. The van der Waals surface area contributed by atoms with Crippen molar-refractivity contribution in [3.8, 4) is 5.75 Å². The number of hydrogen-bond acceptors (Lipinski definition) is 4. The highest BCUT2D eigenvalue weighted by molar-refractivity contribution is 6.33. The third kappa shape index (κ3) is 7.09. The molecule has 3 amide bonds. The van der Waals surface area contributed by atoms with Crippen LogP contribution in [0.2, 0.25) is 10.0 Å². The van der Waals surface area contributed by atoms with Gasteiger partial charge in [0.05, 0.1) is 10.7 Å². The fourth-order valence-electron chi connectivity index (χ4n) is 2.16. The predicted molar refractivity (Wildman–Crippen MR) is 107 cm³/mol. The second-order valence-electron chi connectivity index (χ2n) is 5.82. The number of benzene rings is 2. The molecule has 0 atom stereocenters. The summed E-state index contributed by atoms with van der Waals surface area (Å²) in [6.45, 7) is 1.52. The Morgan fingerprint density at radius 3 is 2.32 bits per heavy atom. The van der Waals surface area contributed by atoms with E-state index < -0.39 is 11.8 Å². The molecule has 0 spiro atoms. The minimum Gasteiger partial charge on any atom is -0.483 e. The van der Waals surface area contributed by atoms with Gasteiger partial charge < -0.3 is 10.1 Å². The lowest BCUT2D eigenvalue weighted by Gasteiger charge is -2.11. The van der Waals surface area contributed by atoms with Crippen molar-refractivity contribution >= 4 is 46.6 Å². The number of anilines is 1. The van der Waals surface area contributed by atoms with E-state index in [1.807, 2.05) is 0 Å². The van der Waals surface area contributed by atoms with Crippen LogP contribution in [0, 0.1) is 6.92 Å². The number of hydrogen-bond donors (Lipinski definition) is 3. The highest BCUT2D eigenvalue weighted by Crippen LogP contribution is 2.22. The topological polar surface area (TPSA) is 96.5 Å². The molecule has 28 heavy (non-hydrogen) atoms. The van der Waals surface area contributed by atoms with Crippen molar-refractivity contribution in [2.45, 2.75) is 19.8 Å². The van der Waals surface area contributed by atoms with E-state index in [-0.39, 0.29) is 25.4 Å². The van der Waals surface area contributed by atoms with Gasteiger partial charge in [-0.1, -0.05) is 35.3 Å². The number of amides is 3. The Morgan fingerprint density at radius 1 is 0.929 bits per heavy atom. The minimum atomic E-state index is -0.539. The van der Waals surface area contributed by atoms with Gasteiger partial charge in [0.2, 0.25) is 11.8 Å². The van der Waals surface area contributed by atoms with Gasteiger partial charge >= 0.3 is 0 Å². The second-order valence-corrected chi connectivity index (χ2v) is 6.67. The summed E-state index contributed by atoms with van der Waals surface area (Å²) in [4.78, 5) is 35.4. The number of carbonyl (C=O) groups excluding carboxylic acids is 3. The SMILES string of the molecule is Cc1cc(Cl)ccc1OCC(=O)NNC(=O)CCC(=O)Nc1ccccc1Cl. The average Bonchev–Trinajstić information content (AvgIpc) is 2.66. The zero-order valence-electron chi connectivity index (χ0n) is 15.1. The smallest absolute Gasteiger partial charge is 0.276 e. The van der Waals surface area contributed by atoms with E-state index in [9.17, 15) is 14.4 Å². The third-order valence-electron chi connectivity index (χ3n) is 3.56. The molecule has 2 rings (SSSR count). The van der Waals surface area contributed by atoms with Crippen LogP contribution in [-0.4, -0.2) is 24.3 Å². The van der Waals surface area contributed by atoms with Gasteiger partial charge in [0, 0.05) is 17.9 Å². The van der Waals surface area contributed by atoms with Gasteiger partial charge in [0.15, 0.2) is 6.61 Å². The van der Waals surface area contributed by atoms with E-state index in [4.69, 9.17) is 27.9 Å². The van der Waals surface area contributed by atoms with Crippen molar-refractivity contribution in [2.75, 3.05) is 11.9 Å². The second kappa shape index (κ2) is 10.5. The zero-order valence-corrected chi connectivity index (χ0v) is 16.6. The Balaban J connectivity index is 1.66. The summed E-state index contributed by atoms with van der Waals surface area (Å²) in [6, 6.07) is 11.8. The van der Waals surface area contributed by atoms with Crippen molar-refractivity contribution in [1.82, 2.24) is 10.9 Å². The zero-order chi connectivity index (χ0) is 20.5. The number of aryl methyl sites for hydroxylation is 1.